The van der Waals surface area contributed by atoms with Crippen molar-refractivity contribution in [1.29, 1.82) is 0 Å². The number of amides is 1. The number of thiophene rings is 1. The Morgan fingerprint density at radius 2 is 1.78 bits per heavy atom. The molecule has 1 unspecified atom stereocenters. The van der Waals surface area contributed by atoms with Crippen molar-refractivity contribution in [2.45, 2.75) is 12.5 Å². The Morgan fingerprint density at radius 1 is 1.00 bits per heavy atom. The second kappa shape index (κ2) is 6.44. The Labute approximate surface area is 161 Å². The highest BCUT2D eigenvalue weighted by Gasteiger charge is 2.41. The van der Waals surface area contributed by atoms with Crippen LogP contribution in [0.2, 0.25) is 0 Å². The van der Waals surface area contributed by atoms with Gasteiger partial charge in [-0.15, -0.1) is 11.3 Å². The largest absolute Gasteiger partial charge is 0.307 e. The van der Waals surface area contributed by atoms with E-state index in [2.05, 4.69) is 35.7 Å². The summed E-state index contributed by atoms with van der Waals surface area (Å²) >= 11 is 1.81. The summed E-state index contributed by atoms with van der Waals surface area (Å²) in [6.07, 6.45) is 1.00. The van der Waals surface area contributed by atoms with Crippen LogP contribution < -0.4 is 9.80 Å². The van der Waals surface area contributed by atoms with Crippen LogP contribution >= 0.6 is 11.3 Å². The maximum absolute atomic E-state index is 12.6. The molecule has 0 fully saturated rings. The Balaban J connectivity index is 1.53. The number of carbonyl (C=O) groups excluding carboxylic acids is 2. The molecule has 1 aromatic heterocycles. The number of hydrogen-bond donors (Lipinski definition) is 1. The first-order valence-corrected chi connectivity index (χ1v) is 10.0. The van der Waals surface area contributed by atoms with Gasteiger partial charge in [-0.25, -0.2) is 0 Å². The number of fused-ring (bicyclic) bond motifs is 2. The van der Waals surface area contributed by atoms with Crippen molar-refractivity contribution in [2.24, 2.45) is 0 Å². The van der Waals surface area contributed by atoms with Crippen molar-refractivity contribution >= 4 is 28.7 Å². The molecule has 0 saturated carbocycles. The lowest BCUT2D eigenvalue weighted by Crippen LogP contribution is -3.15. The molecule has 0 saturated heterocycles. The van der Waals surface area contributed by atoms with Crippen molar-refractivity contribution in [3.05, 3.63) is 87.6 Å². The number of para-hydroxylation sites is 1. The first kappa shape index (κ1) is 16.4. The Hall–Kier alpha value is -2.76. The van der Waals surface area contributed by atoms with E-state index < -0.39 is 11.7 Å². The zero-order valence-electron chi connectivity index (χ0n) is 14.7. The number of benzene rings is 2. The fourth-order valence-electron chi connectivity index (χ4n) is 4.29. The van der Waals surface area contributed by atoms with Crippen LogP contribution in [0.3, 0.4) is 0 Å². The van der Waals surface area contributed by atoms with E-state index in [4.69, 9.17) is 0 Å². The predicted molar refractivity (Wildman–Crippen MR) is 105 cm³/mol. The van der Waals surface area contributed by atoms with E-state index in [0.29, 0.717) is 12.2 Å². The number of Topliss-reactive ketones (excluding diaryl/α,β-unsaturated/α-hetero) is 1. The minimum Gasteiger partial charge on any atom is -0.307 e. The number of rotatable bonds is 3. The van der Waals surface area contributed by atoms with Gasteiger partial charge in [0.25, 0.3) is 5.78 Å². The fourth-order valence-corrected chi connectivity index (χ4v) is 5.21. The molecule has 0 bridgehead atoms. The zero-order chi connectivity index (χ0) is 18.4. The maximum Gasteiger partial charge on any atom is 0.303 e. The molecule has 5 heteroatoms. The monoisotopic (exact) mass is 375 g/mol. The summed E-state index contributed by atoms with van der Waals surface area (Å²) in [7, 11) is 0. The maximum atomic E-state index is 12.6. The molecule has 5 rings (SSSR count). The average molecular weight is 375 g/mol. The van der Waals surface area contributed by atoms with Gasteiger partial charge in [-0.3, -0.25) is 14.5 Å². The number of carbonyl (C=O) groups is 2. The summed E-state index contributed by atoms with van der Waals surface area (Å²) in [6.45, 7) is 1.43. The van der Waals surface area contributed by atoms with Crippen LogP contribution in [-0.2, 0) is 11.2 Å². The summed E-state index contributed by atoms with van der Waals surface area (Å²) in [5, 5.41) is 2.16. The molecule has 134 valence electrons. The van der Waals surface area contributed by atoms with Crippen molar-refractivity contribution in [2.75, 3.05) is 18.1 Å². The Bertz CT molecular complexity index is 1030. The van der Waals surface area contributed by atoms with Gasteiger partial charge in [-0.2, -0.15) is 0 Å². The molecule has 0 spiro atoms. The Morgan fingerprint density at radius 3 is 2.63 bits per heavy atom. The number of quaternary nitrogens is 1. The lowest BCUT2D eigenvalue weighted by molar-refractivity contribution is -0.926. The molecule has 3 aromatic rings. The first-order valence-electron chi connectivity index (χ1n) is 9.15. The molecular formula is C22H19N2O2S+. The molecule has 1 amide bonds. The van der Waals surface area contributed by atoms with Crippen molar-refractivity contribution in [3.8, 4) is 0 Å². The molecular weight excluding hydrogens is 356 g/mol. The second-order valence-electron chi connectivity index (χ2n) is 7.04. The van der Waals surface area contributed by atoms with Gasteiger partial charge < -0.3 is 4.90 Å². The molecule has 1 N–H and O–H groups in total. The van der Waals surface area contributed by atoms with Crippen LogP contribution in [0.5, 0.6) is 0 Å². The number of hydrogen-bond acceptors (Lipinski definition) is 3. The van der Waals surface area contributed by atoms with E-state index in [-0.39, 0.29) is 6.04 Å². The summed E-state index contributed by atoms with van der Waals surface area (Å²) in [6, 6.07) is 20.2. The summed E-state index contributed by atoms with van der Waals surface area (Å²) < 4.78 is 0. The smallest absolute Gasteiger partial charge is 0.303 e. The van der Waals surface area contributed by atoms with Crippen LogP contribution in [0, 0.1) is 0 Å². The van der Waals surface area contributed by atoms with Crippen LogP contribution in [0.1, 0.15) is 32.4 Å². The fraction of sp³-hybridized carbons (Fsp3) is 0.182. The second-order valence-corrected chi connectivity index (χ2v) is 8.04. The van der Waals surface area contributed by atoms with E-state index in [0.717, 1.165) is 18.7 Å². The van der Waals surface area contributed by atoms with E-state index in [9.17, 15) is 9.59 Å². The highest BCUT2D eigenvalue weighted by atomic mass is 32.1. The van der Waals surface area contributed by atoms with Gasteiger partial charge in [0, 0.05) is 22.4 Å². The van der Waals surface area contributed by atoms with Crippen molar-refractivity contribution in [3.63, 3.8) is 0 Å². The molecule has 0 aliphatic carbocycles. The van der Waals surface area contributed by atoms with Crippen LogP contribution in [-0.4, -0.2) is 24.9 Å². The molecule has 2 aliphatic rings. The standard InChI is InChI=1S/C22H18N2O2S/c25-21-16-8-4-5-9-18(16)24(22(21)26)14-23-12-10-19-17(11-13-27-19)20(23)15-6-2-1-3-7-15/h1-9,11,13,20H,10,12,14H2/p+1/t20-/m1/s1. The highest BCUT2D eigenvalue weighted by Crippen LogP contribution is 2.31. The molecule has 3 heterocycles. The predicted octanol–water partition coefficient (Wildman–Crippen LogP) is 2.47. The van der Waals surface area contributed by atoms with E-state index in [1.54, 1.807) is 11.0 Å². The third-order valence-electron chi connectivity index (χ3n) is 5.55. The van der Waals surface area contributed by atoms with Crippen LogP contribution in [0.15, 0.2) is 66.0 Å². The quantitative estimate of drug-likeness (QED) is 0.715. The summed E-state index contributed by atoms with van der Waals surface area (Å²) in [5.74, 6) is -0.805. The molecule has 4 nitrogen and oxygen atoms in total. The van der Waals surface area contributed by atoms with E-state index in [1.165, 1.54) is 20.9 Å². The zero-order valence-corrected chi connectivity index (χ0v) is 15.5. The number of nitrogens with one attached hydrogen (secondary N) is 1. The first-order chi connectivity index (χ1) is 13.2. The minimum atomic E-state index is -0.411. The van der Waals surface area contributed by atoms with Crippen molar-refractivity contribution < 1.29 is 14.5 Å². The van der Waals surface area contributed by atoms with Gasteiger partial charge >= 0.3 is 5.91 Å². The number of anilines is 1. The third kappa shape index (κ3) is 2.62. The van der Waals surface area contributed by atoms with Crippen molar-refractivity contribution in [1.82, 2.24) is 0 Å². The third-order valence-corrected chi connectivity index (χ3v) is 6.54. The number of ketones is 1. The molecule has 0 radical (unpaired) electrons. The summed E-state index contributed by atoms with van der Waals surface area (Å²) in [4.78, 5) is 29.4. The van der Waals surface area contributed by atoms with Crippen LogP contribution in [0.4, 0.5) is 5.69 Å². The minimum absolute atomic E-state index is 0.178. The Kier molecular flexibility index (Phi) is 3.92. The van der Waals surface area contributed by atoms with Gasteiger partial charge in [-0.1, -0.05) is 42.5 Å². The van der Waals surface area contributed by atoms with Gasteiger partial charge in [0.05, 0.1) is 17.8 Å². The SMILES string of the molecule is O=C1C(=O)N(C[NH+]2CCc3sccc3[C@H]2c2ccccc2)c2ccccc21. The average Bonchev–Trinajstić information content (AvgIpc) is 3.28. The lowest BCUT2D eigenvalue weighted by atomic mass is 9.93. The van der Waals surface area contributed by atoms with Gasteiger partial charge in [0.15, 0.2) is 6.67 Å². The topological polar surface area (TPSA) is 41.8 Å². The van der Waals surface area contributed by atoms with Gasteiger partial charge in [0.1, 0.15) is 6.04 Å². The molecule has 2 aliphatic heterocycles. The number of nitrogens with zero attached hydrogens (tertiary/aromatic N) is 1. The van der Waals surface area contributed by atoms with Gasteiger partial charge in [-0.05, 0) is 23.6 Å². The van der Waals surface area contributed by atoms with Crippen LogP contribution in [0.25, 0.3) is 0 Å². The lowest BCUT2D eigenvalue weighted by Gasteiger charge is -2.35. The molecule has 27 heavy (non-hydrogen) atoms. The highest BCUT2D eigenvalue weighted by molar-refractivity contribution is 7.10. The normalized spacial score (nSPS) is 21.3. The van der Waals surface area contributed by atoms with Gasteiger partial charge in [0.2, 0.25) is 0 Å². The molecule has 2 atom stereocenters. The summed E-state index contributed by atoms with van der Waals surface area (Å²) in [5.41, 5.74) is 3.85. The van der Waals surface area contributed by atoms with E-state index >= 15 is 0 Å². The molecule has 2 aromatic carbocycles. The van der Waals surface area contributed by atoms with E-state index in [1.807, 2.05) is 35.6 Å².